The number of carboxylic acids is 1. The van der Waals surface area contributed by atoms with Crippen LogP contribution in [0.25, 0.3) is 0 Å². The Balaban J connectivity index is 2.88. The molecule has 0 aliphatic carbocycles. The number of carbonyl (C=O) groups is 2. The fraction of sp³-hybridized carbons (Fsp3) is 0.455. The lowest BCUT2D eigenvalue weighted by Crippen LogP contribution is -2.35. The molecule has 0 saturated heterocycles. The summed E-state index contributed by atoms with van der Waals surface area (Å²) in [4.78, 5) is 23.3. The molecule has 1 unspecified atom stereocenters. The van der Waals surface area contributed by atoms with E-state index in [1.54, 1.807) is 17.9 Å². The van der Waals surface area contributed by atoms with Crippen molar-refractivity contribution in [2.45, 2.75) is 26.3 Å². The van der Waals surface area contributed by atoms with Crippen molar-refractivity contribution in [2.75, 3.05) is 11.4 Å². The normalized spacial score (nSPS) is 11.9. The number of anilines is 1. The Labute approximate surface area is 105 Å². The third kappa shape index (κ3) is 3.41. The minimum atomic E-state index is -0.873. The van der Waals surface area contributed by atoms with E-state index in [0.717, 1.165) is 0 Å². The predicted octanol–water partition coefficient (Wildman–Crippen LogP) is 0.265. The second kappa shape index (κ2) is 5.95. The van der Waals surface area contributed by atoms with E-state index in [1.165, 1.54) is 6.07 Å². The lowest BCUT2D eigenvalue weighted by Gasteiger charge is -2.27. The molecular weight excluding hydrogens is 236 g/mol. The number of aliphatic carboxylic acids is 1. The molecule has 1 rings (SSSR count). The quantitative estimate of drug-likeness (QED) is 0.751. The number of nitrogens with zero attached hydrogens (tertiary/aromatic N) is 3. The highest BCUT2D eigenvalue weighted by molar-refractivity contribution is 5.90. The number of hydrogen-bond donors (Lipinski definition) is 2. The molecule has 98 valence electrons. The summed E-state index contributed by atoms with van der Waals surface area (Å²) >= 11 is 0. The Morgan fingerprint density at radius 3 is 2.50 bits per heavy atom. The SMILES string of the molecule is CCN(c1ccc(C(N)=O)nn1)C(C)CC(=O)O. The molecule has 1 aromatic rings. The van der Waals surface area contributed by atoms with Crippen LogP contribution < -0.4 is 10.6 Å². The van der Waals surface area contributed by atoms with Gasteiger partial charge in [-0.1, -0.05) is 0 Å². The van der Waals surface area contributed by atoms with E-state index in [0.29, 0.717) is 12.4 Å². The minimum Gasteiger partial charge on any atom is -0.481 e. The molecule has 1 heterocycles. The van der Waals surface area contributed by atoms with Gasteiger partial charge in [0.15, 0.2) is 11.5 Å². The average Bonchev–Trinajstić information content (AvgIpc) is 2.29. The zero-order valence-electron chi connectivity index (χ0n) is 10.3. The third-order valence-corrected chi connectivity index (χ3v) is 2.54. The van der Waals surface area contributed by atoms with E-state index in [1.807, 2.05) is 6.92 Å². The van der Waals surface area contributed by atoms with Crippen molar-refractivity contribution in [1.29, 1.82) is 0 Å². The number of carboxylic acid groups (broad SMARTS) is 1. The minimum absolute atomic E-state index is 0.00703. The van der Waals surface area contributed by atoms with E-state index < -0.39 is 11.9 Å². The largest absolute Gasteiger partial charge is 0.481 e. The summed E-state index contributed by atoms with van der Waals surface area (Å²) in [7, 11) is 0. The van der Waals surface area contributed by atoms with Crippen molar-refractivity contribution in [3.05, 3.63) is 17.8 Å². The Kier molecular flexibility index (Phi) is 4.59. The number of primary amides is 1. The van der Waals surface area contributed by atoms with E-state index >= 15 is 0 Å². The number of carbonyl (C=O) groups excluding carboxylic acids is 1. The van der Waals surface area contributed by atoms with Gasteiger partial charge < -0.3 is 15.7 Å². The number of aromatic nitrogens is 2. The molecule has 3 N–H and O–H groups in total. The molecule has 7 heteroatoms. The second-order valence-corrected chi connectivity index (χ2v) is 3.87. The zero-order valence-corrected chi connectivity index (χ0v) is 10.3. The maximum Gasteiger partial charge on any atom is 0.305 e. The molecule has 18 heavy (non-hydrogen) atoms. The second-order valence-electron chi connectivity index (χ2n) is 3.87. The molecule has 0 aromatic carbocycles. The van der Waals surface area contributed by atoms with Gasteiger partial charge in [-0.2, -0.15) is 0 Å². The Hall–Kier alpha value is -2.18. The van der Waals surface area contributed by atoms with Crippen LogP contribution in [0.15, 0.2) is 12.1 Å². The lowest BCUT2D eigenvalue weighted by atomic mass is 10.2. The lowest BCUT2D eigenvalue weighted by molar-refractivity contribution is -0.137. The first-order valence-corrected chi connectivity index (χ1v) is 5.57. The maximum atomic E-state index is 10.9. The summed E-state index contributed by atoms with van der Waals surface area (Å²) in [5.41, 5.74) is 5.15. The van der Waals surface area contributed by atoms with Gasteiger partial charge in [0.1, 0.15) is 0 Å². The van der Waals surface area contributed by atoms with Gasteiger partial charge in [-0.15, -0.1) is 10.2 Å². The fourth-order valence-corrected chi connectivity index (χ4v) is 1.67. The van der Waals surface area contributed by atoms with Crippen LogP contribution in [0.5, 0.6) is 0 Å². The summed E-state index contributed by atoms with van der Waals surface area (Å²) in [6.07, 6.45) is 0.00703. The van der Waals surface area contributed by atoms with Crippen LogP contribution in [-0.2, 0) is 4.79 Å². The first-order valence-electron chi connectivity index (χ1n) is 5.57. The topological polar surface area (TPSA) is 109 Å². The van der Waals surface area contributed by atoms with Crippen LogP contribution in [-0.4, -0.2) is 39.8 Å². The molecule has 0 bridgehead atoms. The summed E-state index contributed by atoms with van der Waals surface area (Å²) in [5, 5.41) is 16.3. The molecule has 1 atom stereocenters. The van der Waals surface area contributed by atoms with Gasteiger partial charge in [0.25, 0.3) is 5.91 Å². The van der Waals surface area contributed by atoms with Crippen LogP contribution in [0.2, 0.25) is 0 Å². The fourth-order valence-electron chi connectivity index (χ4n) is 1.67. The van der Waals surface area contributed by atoms with Gasteiger partial charge in [0.2, 0.25) is 0 Å². The van der Waals surface area contributed by atoms with Crippen LogP contribution in [0.3, 0.4) is 0 Å². The molecule has 0 aliphatic heterocycles. The molecule has 0 spiro atoms. The van der Waals surface area contributed by atoms with E-state index in [-0.39, 0.29) is 18.2 Å². The van der Waals surface area contributed by atoms with Gasteiger partial charge in [-0.05, 0) is 26.0 Å². The highest BCUT2D eigenvalue weighted by atomic mass is 16.4. The van der Waals surface area contributed by atoms with Crippen molar-refractivity contribution in [2.24, 2.45) is 5.73 Å². The zero-order chi connectivity index (χ0) is 13.7. The molecule has 0 radical (unpaired) electrons. The molecule has 7 nitrogen and oxygen atoms in total. The van der Waals surface area contributed by atoms with Gasteiger partial charge in [-0.25, -0.2) is 0 Å². The Morgan fingerprint density at radius 2 is 2.11 bits per heavy atom. The number of nitrogens with two attached hydrogens (primary N) is 1. The van der Waals surface area contributed by atoms with Crippen molar-refractivity contribution in [1.82, 2.24) is 10.2 Å². The van der Waals surface area contributed by atoms with Crippen molar-refractivity contribution in [3.63, 3.8) is 0 Å². The maximum absolute atomic E-state index is 10.9. The molecule has 1 aromatic heterocycles. The number of rotatable bonds is 6. The van der Waals surface area contributed by atoms with Crippen molar-refractivity contribution >= 4 is 17.7 Å². The van der Waals surface area contributed by atoms with Gasteiger partial charge in [-0.3, -0.25) is 9.59 Å². The summed E-state index contributed by atoms with van der Waals surface area (Å²) in [6, 6.07) is 2.87. The van der Waals surface area contributed by atoms with Crippen LogP contribution >= 0.6 is 0 Å². The van der Waals surface area contributed by atoms with E-state index in [4.69, 9.17) is 10.8 Å². The summed E-state index contributed by atoms with van der Waals surface area (Å²) < 4.78 is 0. The van der Waals surface area contributed by atoms with Crippen LogP contribution in [0.4, 0.5) is 5.82 Å². The predicted molar refractivity (Wildman–Crippen MR) is 65.3 cm³/mol. The average molecular weight is 252 g/mol. The number of hydrogen-bond acceptors (Lipinski definition) is 5. The highest BCUT2D eigenvalue weighted by Gasteiger charge is 2.17. The van der Waals surface area contributed by atoms with Crippen molar-refractivity contribution in [3.8, 4) is 0 Å². The number of amides is 1. The van der Waals surface area contributed by atoms with E-state index in [9.17, 15) is 9.59 Å². The first kappa shape index (κ1) is 13.9. The molecular formula is C11H16N4O3. The highest BCUT2D eigenvalue weighted by Crippen LogP contribution is 2.14. The molecule has 0 aliphatic rings. The Bertz CT molecular complexity index is 432. The van der Waals surface area contributed by atoms with Crippen molar-refractivity contribution < 1.29 is 14.7 Å². The van der Waals surface area contributed by atoms with Gasteiger partial charge in [0.05, 0.1) is 6.42 Å². The molecule has 0 fully saturated rings. The van der Waals surface area contributed by atoms with Crippen LogP contribution in [0, 0.1) is 0 Å². The monoisotopic (exact) mass is 252 g/mol. The van der Waals surface area contributed by atoms with Gasteiger partial charge >= 0.3 is 5.97 Å². The summed E-state index contributed by atoms with van der Waals surface area (Å²) in [6.45, 7) is 4.28. The Morgan fingerprint density at radius 1 is 1.44 bits per heavy atom. The third-order valence-electron chi connectivity index (χ3n) is 2.54. The first-order chi connectivity index (χ1) is 8.45. The summed E-state index contributed by atoms with van der Waals surface area (Å²) in [5.74, 6) is -0.991. The van der Waals surface area contributed by atoms with E-state index in [2.05, 4.69) is 10.2 Å². The molecule has 0 saturated carbocycles. The smallest absolute Gasteiger partial charge is 0.305 e. The molecule has 1 amide bonds. The standard InChI is InChI=1S/C11H16N4O3/c1-3-15(7(2)6-10(16)17)9-5-4-8(11(12)18)13-14-9/h4-5,7H,3,6H2,1-2H3,(H2,12,18)(H,16,17). The van der Waals surface area contributed by atoms with Gasteiger partial charge in [0, 0.05) is 12.6 Å². The van der Waals surface area contributed by atoms with Crippen LogP contribution in [0.1, 0.15) is 30.8 Å².